The lowest BCUT2D eigenvalue weighted by Gasteiger charge is -1.89. The smallest absolute Gasteiger partial charge is 0.0180 e. The van der Waals surface area contributed by atoms with E-state index in [1.165, 1.54) is 4.91 Å². The second-order valence-electron chi connectivity index (χ2n) is 1.51. The minimum Gasteiger partial charge on any atom is -0.104 e. The maximum atomic E-state index is 3.61. The molecule has 0 saturated heterocycles. The molecule has 1 heteroatoms. The van der Waals surface area contributed by atoms with Crippen molar-refractivity contribution in [1.82, 2.24) is 0 Å². The molecule has 0 saturated carbocycles. The monoisotopic (exact) mass is 128 g/mol. The summed E-state index contributed by atoms with van der Waals surface area (Å²) in [6.45, 7) is 7.83. The Balaban J connectivity index is 3.44. The summed E-state index contributed by atoms with van der Waals surface area (Å²) < 4.78 is 0. The second kappa shape index (κ2) is 4.98. The molecule has 8 heavy (non-hydrogen) atoms. The van der Waals surface area contributed by atoms with Crippen molar-refractivity contribution >= 4 is 11.8 Å². The number of thioether (sulfide) groups is 1. The van der Waals surface area contributed by atoms with Gasteiger partial charge in [0.1, 0.15) is 0 Å². The molecule has 0 aliphatic carbocycles. The largest absolute Gasteiger partial charge is 0.104 e. The summed E-state index contributed by atoms with van der Waals surface area (Å²) in [7, 11) is 0. The molecule has 0 aliphatic rings. The van der Waals surface area contributed by atoms with Gasteiger partial charge in [-0.2, -0.15) is 0 Å². The van der Waals surface area contributed by atoms with Crippen LogP contribution in [0.2, 0.25) is 0 Å². The zero-order chi connectivity index (χ0) is 6.41. The molecule has 0 aromatic carbocycles. The van der Waals surface area contributed by atoms with Gasteiger partial charge in [-0.3, -0.25) is 0 Å². The molecule has 0 atom stereocenters. The van der Waals surface area contributed by atoms with Crippen LogP contribution in [0.25, 0.3) is 0 Å². The third-order valence-corrected chi connectivity index (χ3v) is 1.47. The first-order valence-corrected chi connectivity index (χ1v) is 3.63. The fourth-order valence-corrected chi connectivity index (χ4v) is 0.993. The van der Waals surface area contributed by atoms with E-state index in [1.54, 1.807) is 11.8 Å². The second-order valence-corrected chi connectivity index (χ2v) is 2.72. The van der Waals surface area contributed by atoms with E-state index in [0.29, 0.717) is 0 Å². The van der Waals surface area contributed by atoms with Gasteiger partial charge in [0.25, 0.3) is 0 Å². The van der Waals surface area contributed by atoms with Gasteiger partial charge in [0.2, 0.25) is 0 Å². The van der Waals surface area contributed by atoms with Gasteiger partial charge in [0.05, 0.1) is 0 Å². The summed E-state index contributed by atoms with van der Waals surface area (Å²) in [6.07, 6.45) is 3.30. The molecule has 0 N–H and O–H groups in total. The normalized spacial score (nSPS) is 11.5. The minimum absolute atomic E-state index is 1.12. The Labute approximate surface area is 55.7 Å². The standard InChI is InChI=1S/C7H12S/c1-4-6-7(3)8-5-2/h5-6H,2,4H2,1,3H3/b7-6-. The van der Waals surface area contributed by atoms with Crippen molar-refractivity contribution in [2.45, 2.75) is 20.3 Å². The van der Waals surface area contributed by atoms with Gasteiger partial charge in [-0.05, 0) is 23.7 Å². The van der Waals surface area contributed by atoms with Crippen LogP contribution in [0.4, 0.5) is 0 Å². The highest BCUT2D eigenvalue weighted by Crippen LogP contribution is 2.14. The molecule has 0 nitrogen and oxygen atoms in total. The van der Waals surface area contributed by atoms with Crippen LogP contribution in [0.15, 0.2) is 23.0 Å². The summed E-state index contributed by atoms with van der Waals surface area (Å²) in [6, 6.07) is 0. The Morgan fingerprint density at radius 2 is 2.38 bits per heavy atom. The molecular formula is C7H12S. The average Bonchev–Trinajstić information content (AvgIpc) is 1.68. The molecule has 0 bridgehead atoms. The number of hydrogen-bond acceptors (Lipinski definition) is 1. The molecule has 0 aromatic heterocycles. The Hall–Kier alpha value is -0.170. The quantitative estimate of drug-likeness (QED) is 0.562. The van der Waals surface area contributed by atoms with Gasteiger partial charge >= 0.3 is 0 Å². The SMILES string of the molecule is C=CS/C(C)=C\CC. The molecule has 0 fully saturated rings. The first kappa shape index (κ1) is 7.83. The first-order chi connectivity index (χ1) is 3.81. The molecule has 0 amide bonds. The lowest BCUT2D eigenvalue weighted by atomic mass is 10.4. The molecule has 0 rings (SSSR count). The van der Waals surface area contributed by atoms with E-state index in [2.05, 4.69) is 26.5 Å². The summed E-state index contributed by atoms with van der Waals surface area (Å²) in [4.78, 5) is 1.34. The van der Waals surface area contributed by atoms with E-state index in [9.17, 15) is 0 Å². The van der Waals surface area contributed by atoms with Crippen molar-refractivity contribution in [3.05, 3.63) is 23.0 Å². The fourth-order valence-electron chi connectivity index (χ4n) is 0.467. The van der Waals surface area contributed by atoms with Crippen molar-refractivity contribution in [2.75, 3.05) is 0 Å². The van der Waals surface area contributed by atoms with E-state index in [1.807, 2.05) is 5.41 Å². The maximum absolute atomic E-state index is 3.61. The van der Waals surface area contributed by atoms with Gasteiger partial charge in [-0.1, -0.05) is 19.6 Å². The van der Waals surface area contributed by atoms with Gasteiger partial charge in [-0.25, -0.2) is 0 Å². The molecular weight excluding hydrogens is 116 g/mol. The van der Waals surface area contributed by atoms with Crippen LogP contribution in [0.5, 0.6) is 0 Å². The molecule has 46 valence electrons. The van der Waals surface area contributed by atoms with E-state index in [-0.39, 0.29) is 0 Å². The Bertz CT molecular complexity index is 92.6. The highest BCUT2D eigenvalue weighted by molar-refractivity contribution is 8.05. The average molecular weight is 128 g/mol. The Morgan fingerprint density at radius 3 is 2.75 bits per heavy atom. The van der Waals surface area contributed by atoms with Crippen molar-refractivity contribution in [2.24, 2.45) is 0 Å². The van der Waals surface area contributed by atoms with Crippen LogP contribution in [-0.2, 0) is 0 Å². The predicted molar refractivity (Wildman–Crippen MR) is 41.8 cm³/mol. The summed E-state index contributed by atoms with van der Waals surface area (Å²) in [5.41, 5.74) is 0. The van der Waals surface area contributed by atoms with Crippen molar-refractivity contribution in [3.63, 3.8) is 0 Å². The summed E-state index contributed by atoms with van der Waals surface area (Å²) in [5.74, 6) is 0. The third kappa shape index (κ3) is 4.00. The summed E-state index contributed by atoms with van der Waals surface area (Å²) in [5, 5.41) is 1.85. The first-order valence-electron chi connectivity index (χ1n) is 2.75. The third-order valence-electron chi connectivity index (χ3n) is 0.761. The highest BCUT2D eigenvalue weighted by Gasteiger charge is 1.79. The van der Waals surface area contributed by atoms with Crippen LogP contribution in [0, 0.1) is 0 Å². The highest BCUT2D eigenvalue weighted by atomic mass is 32.2. The van der Waals surface area contributed by atoms with Crippen LogP contribution in [0.1, 0.15) is 20.3 Å². The predicted octanol–water partition coefficient (Wildman–Crippen LogP) is 3.18. The van der Waals surface area contributed by atoms with Crippen LogP contribution in [0.3, 0.4) is 0 Å². The van der Waals surface area contributed by atoms with Gasteiger partial charge < -0.3 is 0 Å². The Kier molecular flexibility index (Phi) is 4.87. The molecule has 0 spiro atoms. The molecule has 0 radical (unpaired) electrons. The molecule has 0 aromatic rings. The lowest BCUT2D eigenvalue weighted by molar-refractivity contribution is 1.21. The number of hydrogen-bond donors (Lipinski definition) is 0. The van der Waals surface area contributed by atoms with Gasteiger partial charge in [-0.15, -0.1) is 11.8 Å². The van der Waals surface area contributed by atoms with Gasteiger partial charge in [0.15, 0.2) is 0 Å². The van der Waals surface area contributed by atoms with Crippen LogP contribution >= 0.6 is 11.8 Å². The molecule has 0 heterocycles. The van der Waals surface area contributed by atoms with Gasteiger partial charge in [0, 0.05) is 0 Å². The fraction of sp³-hybridized carbons (Fsp3) is 0.429. The zero-order valence-electron chi connectivity index (χ0n) is 5.48. The van der Waals surface area contributed by atoms with E-state index in [0.717, 1.165) is 6.42 Å². The van der Waals surface area contributed by atoms with E-state index < -0.39 is 0 Å². The van der Waals surface area contributed by atoms with Crippen LogP contribution < -0.4 is 0 Å². The minimum atomic E-state index is 1.12. The van der Waals surface area contributed by atoms with Crippen LogP contribution in [-0.4, -0.2) is 0 Å². The Morgan fingerprint density at radius 1 is 1.75 bits per heavy atom. The van der Waals surface area contributed by atoms with Crippen molar-refractivity contribution < 1.29 is 0 Å². The van der Waals surface area contributed by atoms with E-state index in [4.69, 9.17) is 0 Å². The maximum Gasteiger partial charge on any atom is -0.0180 e. The van der Waals surface area contributed by atoms with Crippen molar-refractivity contribution in [1.29, 1.82) is 0 Å². The number of rotatable bonds is 3. The van der Waals surface area contributed by atoms with E-state index >= 15 is 0 Å². The summed E-state index contributed by atoms with van der Waals surface area (Å²) >= 11 is 1.68. The zero-order valence-corrected chi connectivity index (χ0v) is 6.29. The molecule has 0 unspecified atom stereocenters. The topological polar surface area (TPSA) is 0 Å². The lowest BCUT2D eigenvalue weighted by Crippen LogP contribution is -1.60. The molecule has 0 aliphatic heterocycles. The van der Waals surface area contributed by atoms with Crippen molar-refractivity contribution in [3.8, 4) is 0 Å². The number of allylic oxidation sites excluding steroid dienone is 2.